The van der Waals surface area contributed by atoms with Crippen molar-refractivity contribution in [2.24, 2.45) is 0 Å². The predicted molar refractivity (Wildman–Crippen MR) is 79.6 cm³/mol. The summed E-state index contributed by atoms with van der Waals surface area (Å²) in [6, 6.07) is 0. The van der Waals surface area contributed by atoms with Crippen LogP contribution >= 0.6 is 0 Å². The van der Waals surface area contributed by atoms with Crippen LogP contribution in [0.5, 0.6) is 0 Å². The smallest absolute Gasteiger partial charge is 0.429 e. The lowest BCUT2D eigenvalue weighted by molar-refractivity contribution is -0.0566. The van der Waals surface area contributed by atoms with Crippen LogP contribution in [0.25, 0.3) is 0 Å². The molecule has 0 aromatic carbocycles. The third kappa shape index (κ3) is 6.06. The molecule has 6 heteroatoms. The van der Waals surface area contributed by atoms with E-state index in [1.807, 2.05) is 12.2 Å². The van der Waals surface area contributed by atoms with Gasteiger partial charge in [-0.25, -0.2) is 19.6 Å². The zero-order valence-corrected chi connectivity index (χ0v) is 13.8. The average molecular weight is 298 g/mol. The molecule has 1 heterocycles. The van der Waals surface area contributed by atoms with Crippen molar-refractivity contribution in [3.8, 4) is 0 Å². The number of hydrogen-bond donors (Lipinski definition) is 0. The van der Waals surface area contributed by atoms with E-state index in [-0.39, 0.29) is 6.54 Å². The van der Waals surface area contributed by atoms with E-state index in [0.29, 0.717) is 13.0 Å². The van der Waals surface area contributed by atoms with E-state index in [2.05, 4.69) is 0 Å². The van der Waals surface area contributed by atoms with Crippen LogP contribution in [0.15, 0.2) is 12.2 Å². The third-order valence-corrected chi connectivity index (χ3v) is 2.45. The molecule has 1 aliphatic rings. The summed E-state index contributed by atoms with van der Waals surface area (Å²) in [4.78, 5) is 24.5. The fourth-order valence-electron chi connectivity index (χ4n) is 1.70. The first-order valence-electron chi connectivity index (χ1n) is 7.15. The van der Waals surface area contributed by atoms with Crippen LogP contribution in [0.2, 0.25) is 0 Å². The number of ether oxygens (including phenoxy) is 2. The Bertz CT molecular complexity index is 418. The van der Waals surface area contributed by atoms with E-state index in [1.54, 1.807) is 41.5 Å². The molecule has 0 unspecified atom stereocenters. The molecule has 0 N–H and O–H groups in total. The van der Waals surface area contributed by atoms with Crippen molar-refractivity contribution in [2.45, 2.75) is 59.2 Å². The standard InChI is InChI=1S/C15H26N2O4/c1-14(2,3)20-12(18)16-10-8-7-9-11-17(16)13(19)21-15(4,5)6/h7-8H,9-11H2,1-6H3. The first-order chi connectivity index (χ1) is 9.49. The van der Waals surface area contributed by atoms with Gasteiger partial charge in [-0.1, -0.05) is 12.2 Å². The molecule has 0 bridgehead atoms. The van der Waals surface area contributed by atoms with Gasteiger partial charge < -0.3 is 9.47 Å². The molecule has 0 aliphatic carbocycles. The molecule has 0 aromatic rings. The van der Waals surface area contributed by atoms with Crippen LogP contribution in [0, 0.1) is 0 Å². The number of amides is 2. The largest absolute Gasteiger partial charge is 0.442 e. The van der Waals surface area contributed by atoms with Gasteiger partial charge in [-0.3, -0.25) is 0 Å². The molecule has 2 amide bonds. The first kappa shape index (κ1) is 17.3. The molecule has 21 heavy (non-hydrogen) atoms. The molecular weight excluding hydrogens is 272 g/mol. The second-order valence-electron chi connectivity index (χ2n) is 6.93. The van der Waals surface area contributed by atoms with Gasteiger partial charge in [-0.2, -0.15) is 0 Å². The first-order valence-corrected chi connectivity index (χ1v) is 7.15. The van der Waals surface area contributed by atoms with Gasteiger partial charge in [0.15, 0.2) is 0 Å². The molecule has 0 fully saturated rings. The molecule has 120 valence electrons. The van der Waals surface area contributed by atoms with Gasteiger partial charge in [0, 0.05) is 6.54 Å². The molecule has 6 nitrogen and oxygen atoms in total. The Morgan fingerprint density at radius 2 is 1.33 bits per heavy atom. The highest BCUT2D eigenvalue weighted by Gasteiger charge is 2.32. The fraction of sp³-hybridized carbons (Fsp3) is 0.733. The predicted octanol–water partition coefficient (Wildman–Crippen LogP) is 3.34. The van der Waals surface area contributed by atoms with Crippen molar-refractivity contribution in [1.82, 2.24) is 10.0 Å². The van der Waals surface area contributed by atoms with Crippen molar-refractivity contribution in [1.29, 1.82) is 0 Å². The summed E-state index contributed by atoms with van der Waals surface area (Å²) in [6.07, 6.45) is 3.34. The maximum atomic E-state index is 12.3. The van der Waals surface area contributed by atoms with Crippen molar-refractivity contribution < 1.29 is 19.1 Å². The van der Waals surface area contributed by atoms with E-state index >= 15 is 0 Å². The molecule has 0 atom stereocenters. The van der Waals surface area contributed by atoms with Crippen LogP contribution in [-0.4, -0.2) is 46.5 Å². The van der Waals surface area contributed by atoms with Crippen LogP contribution < -0.4 is 0 Å². The molecular formula is C15H26N2O4. The topological polar surface area (TPSA) is 59.1 Å². The maximum absolute atomic E-state index is 12.3. The highest BCUT2D eigenvalue weighted by molar-refractivity contribution is 5.75. The molecule has 0 spiro atoms. The van der Waals surface area contributed by atoms with Gasteiger partial charge in [0.2, 0.25) is 0 Å². The SMILES string of the molecule is CC(C)(C)OC(=O)N1CC=CCCN1C(=O)OC(C)(C)C. The summed E-state index contributed by atoms with van der Waals surface area (Å²) in [5.41, 5.74) is -1.23. The lowest BCUT2D eigenvalue weighted by atomic mass is 10.2. The van der Waals surface area contributed by atoms with Gasteiger partial charge in [0.1, 0.15) is 11.2 Å². The van der Waals surface area contributed by atoms with Crippen molar-refractivity contribution in [3.05, 3.63) is 12.2 Å². The molecule has 1 aliphatic heterocycles. The lowest BCUT2D eigenvalue weighted by Crippen LogP contribution is -2.52. The van der Waals surface area contributed by atoms with Gasteiger partial charge in [-0.05, 0) is 48.0 Å². The number of carbonyl (C=O) groups is 2. The summed E-state index contributed by atoms with van der Waals surface area (Å²) in [6.45, 7) is 11.4. The van der Waals surface area contributed by atoms with Gasteiger partial charge in [0.25, 0.3) is 0 Å². The van der Waals surface area contributed by atoms with Crippen molar-refractivity contribution >= 4 is 12.2 Å². The second kappa shape index (κ2) is 6.37. The minimum atomic E-state index is -0.618. The molecule has 0 radical (unpaired) electrons. The van der Waals surface area contributed by atoms with Gasteiger partial charge in [0.05, 0.1) is 6.54 Å². The summed E-state index contributed by atoms with van der Waals surface area (Å²) < 4.78 is 10.7. The minimum absolute atomic E-state index is 0.286. The Morgan fingerprint density at radius 3 is 1.81 bits per heavy atom. The van der Waals surface area contributed by atoms with Crippen LogP contribution in [0.3, 0.4) is 0 Å². The van der Waals surface area contributed by atoms with Crippen LogP contribution in [0.4, 0.5) is 9.59 Å². The number of carbonyl (C=O) groups excluding carboxylic acids is 2. The van der Waals surface area contributed by atoms with Crippen LogP contribution in [0.1, 0.15) is 48.0 Å². The quantitative estimate of drug-likeness (QED) is 0.644. The summed E-state index contributed by atoms with van der Waals surface area (Å²) >= 11 is 0. The molecule has 0 saturated heterocycles. The van der Waals surface area contributed by atoms with Crippen LogP contribution in [-0.2, 0) is 9.47 Å². The zero-order valence-electron chi connectivity index (χ0n) is 13.8. The normalized spacial score (nSPS) is 16.5. The summed E-state index contributed by atoms with van der Waals surface area (Å²) in [5, 5.41) is 2.59. The van der Waals surface area contributed by atoms with E-state index in [1.165, 1.54) is 10.0 Å². The fourth-order valence-corrected chi connectivity index (χ4v) is 1.70. The highest BCUT2D eigenvalue weighted by atomic mass is 16.6. The maximum Gasteiger partial charge on any atom is 0.429 e. The molecule has 0 aromatic heterocycles. The van der Waals surface area contributed by atoms with E-state index in [4.69, 9.17) is 9.47 Å². The highest BCUT2D eigenvalue weighted by Crippen LogP contribution is 2.17. The minimum Gasteiger partial charge on any atom is -0.442 e. The third-order valence-electron chi connectivity index (χ3n) is 2.45. The van der Waals surface area contributed by atoms with E-state index in [9.17, 15) is 9.59 Å². The Hall–Kier alpha value is -1.72. The monoisotopic (exact) mass is 298 g/mol. The number of hydrazine groups is 1. The number of hydrogen-bond acceptors (Lipinski definition) is 4. The molecule has 0 saturated carbocycles. The van der Waals surface area contributed by atoms with Crippen molar-refractivity contribution in [2.75, 3.05) is 13.1 Å². The van der Waals surface area contributed by atoms with E-state index in [0.717, 1.165) is 0 Å². The molecule has 1 rings (SSSR count). The summed E-state index contributed by atoms with van der Waals surface area (Å²) in [7, 11) is 0. The van der Waals surface area contributed by atoms with Crippen molar-refractivity contribution in [3.63, 3.8) is 0 Å². The Kier molecular flexibility index (Phi) is 5.25. The Labute approximate surface area is 126 Å². The summed E-state index contributed by atoms with van der Waals surface area (Å²) in [5.74, 6) is 0. The number of nitrogens with zero attached hydrogens (tertiary/aromatic N) is 2. The Balaban J connectivity index is 2.87. The average Bonchev–Trinajstić information content (AvgIpc) is 2.48. The second-order valence-corrected chi connectivity index (χ2v) is 6.93. The zero-order chi connectivity index (χ0) is 16.3. The van der Waals surface area contributed by atoms with Gasteiger partial charge >= 0.3 is 12.2 Å². The number of rotatable bonds is 0. The lowest BCUT2D eigenvalue weighted by Gasteiger charge is -2.35. The van der Waals surface area contributed by atoms with E-state index < -0.39 is 23.4 Å². The van der Waals surface area contributed by atoms with Gasteiger partial charge in [-0.15, -0.1) is 0 Å². The Morgan fingerprint density at radius 1 is 0.857 bits per heavy atom.